The summed E-state index contributed by atoms with van der Waals surface area (Å²) in [4.78, 5) is 0. The van der Waals surface area contributed by atoms with Crippen LogP contribution < -0.4 is 9.47 Å². The molecule has 0 aromatic heterocycles. The van der Waals surface area contributed by atoms with Crippen molar-refractivity contribution in [3.8, 4) is 57.1 Å². The number of hydrogen-bond acceptors (Lipinski definition) is 2. The van der Waals surface area contributed by atoms with Crippen molar-refractivity contribution in [3.63, 3.8) is 0 Å². The standard InChI is InChI=1S/C51H42O2.C4H6.C3H6/c1-34(35-17-6-4-7-18-35)33-38(41-24-13-12-22-39(41)36-19-8-5-9-20-36)30-29-37-21-10-11-23-40(37)42-26-16-28-46-49(42)53-50-47(52-46)32-31-45-48(50)43-25-14-15-27-44(43)51(45,2)3;1-3-4-2;1-3-2/h4-28,30-33,43-44H,29H2,1-3H3;1-2H3;3H,1H2,2H3/b34-33+,38-30+;;. The van der Waals surface area contributed by atoms with Crippen LogP contribution in [0, 0.1) is 17.8 Å². The van der Waals surface area contributed by atoms with Crippen LogP contribution >= 0.6 is 0 Å². The van der Waals surface area contributed by atoms with Crippen LogP contribution in [0.3, 0.4) is 0 Å². The average molecular weight is 783 g/mol. The van der Waals surface area contributed by atoms with E-state index in [0.717, 1.165) is 40.5 Å². The van der Waals surface area contributed by atoms with Crippen molar-refractivity contribution in [1.29, 1.82) is 0 Å². The predicted octanol–water partition coefficient (Wildman–Crippen LogP) is 16.0. The van der Waals surface area contributed by atoms with Crippen LogP contribution in [0.5, 0.6) is 23.0 Å². The topological polar surface area (TPSA) is 18.5 Å². The van der Waals surface area contributed by atoms with Crippen molar-refractivity contribution < 1.29 is 9.47 Å². The largest absolute Gasteiger partial charge is 0.449 e. The maximum Gasteiger partial charge on any atom is 0.177 e. The van der Waals surface area contributed by atoms with E-state index in [-0.39, 0.29) is 11.3 Å². The molecule has 2 unspecified atom stereocenters. The van der Waals surface area contributed by atoms with E-state index in [1.165, 1.54) is 50.1 Å². The molecule has 2 nitrogen and oxygen atoms in total. The molecule has 60 heavy (non-hydrogen) atoms. The zero-order valence-corrected chi connectivity index (χ0v) is 35.7. The number of rotatable bonds is 7. The molecule has 2 atom stereocenters. The highest BCUT2D eigenvalue weighted by molar-refractivity contribution is 5.90. The summed E-state index contributed by atoms with van der Waals surface area (Å²) >= 11 is 0. The van der Waals surface area contributed by atoms with Gasteiger partial charge in [0.05, 0.1) is 0 Å². The summed E-state index contributed by atoms with van der Waals surface area (Å²) in [7, 11) is 0. The minimum absolute atomic E-state index is 0.0114. The molecule has 0 fully saturated rings. The molecule has 0 amide bonds. The van der Waals surface area contributed by atoms with Gasteiger partial charge in [0.2, 0.25) is 0 Å². The molecule has 0 spiro atoms. The first-order valence-corrected chi connectivity index (χ1v) is 20.9. The fourth-order valence-corrected chi connectivity index (χ4v) is 8.59. The van der Waals surface area contributed by atoms with Gasteiger partial charge in [0, 0.05) is 17.0 Å². The highest BCUT2D eigenvalue weighted by Crippen LogP contribution is 2.61. The van der Waals surface area contributed by atoms with Crippen LogP contribution in [-0.4, -0.2) is 0 Å². The van der Waals surface area contributed by atoms with E-state index in [1.807, 2.05) is 26.8 Å². The Kier molecular flexibility index (Phi) is 13.0. The number of para-hydroxylation sites is 1. The smallest absolute Gasteiger partial charge is 0.177 e. The third-order valence-electron chi connectivity index (χ3n) is 11.6. The molecule has 2 heteroatoms. The highest BCUT2D eigenvalue weighted by atomic mass is 16.6. The summed E-state index contributed by atoms with van der Waals surface area (Å²) < 4.78 is 13.7. The lowest BCUT2D eigenvalue weighted by Gasteiger charge is -2.29. The molecule has 6 aromatic carbocycles. The minimum Gasteiger partial charge on any atom is -0.449 e. The Morgan fingerprint density at radius 2 is 1.28 bits per heavy atom. The van der Waals surface area contributed by atoms with Gasteiger partial charge in [-0.15, -0.1) is 18.4 Å². The van der Waals surface area contributed by atoms with Crippen molar-refractivity contribution in [2.75, 3.05) is 0 Å². The molecule has 9 rings (SSSR count). The van der Waals surface area contributed by atoms with Crippen LogP contribution in [-0.2, 0) is 11.8 Å². The Bertz CT molecular complexity index is 2650. The third-order valence-corrected chi connectivity index (χ3v) is 11.6. The fourth-order valence-electron chi connectivity index (χ4n) is 8.59. The summed E-state index contributed by atoms with van der Waals surface area (Å²) in [5.41, 5.74) is 13.2. The summed E-state index contributed by atoms with van der Waals surface area (Å²) in [5, 5.41) is 0. The first-order valence-electron chi connectivity index (χ1n) is 20.9. The van der Waals surface area contributed by atoms with Crippen LogP contribution in [0.25, 0.3) is 33.4 Å². The van der Waals surface area contributed by atoms with Gasteiger partial charge in [-0.3, -0.25) is 0 Å². The Morgan fingerprint density at radius 3 is 2.02 bits per heavy atom. The Hall–Kier alpha value is -6.82. The lowest BCUT2D eigenvalue weighted by atomic mass is 9.74. The maximum atomic E-state index is 7.06. The molecule has 0 bridgehead atoms. The quantitative estimate of drug-likeness (QED) is 0.0911. The summed E-state index contributed by atoms with van der Waals surface area (Å²) in [6.07, 6.45) is 16.2. The lowest BCUT2D eigenvalue weighted by molar-refractivity contribution is 0.355. The van der Waals surface area contributed by atoms with Gasteiger partial charge in [0.15, 0.2) is 23.0 Å². The van der Waals surface area contributed by atoms with E-state index in [4.69, 9.17) is 9.47 Å². The number of benzene rings is 6. The number of allylic oxidation sites excluding steroid dienone is 9. The van der Waals surface area contributed by atoms with Crippen molar-refractivity contribution >= 4 is 11.1 Å². The molecule has 0 radical (unpaired) electrons. The van der Waals surface area contributed by atoms with Crippen molar-refractivity contribution in [1.82, 2.24) is 0 Å². The van der Waals surface area contributed by atoms with Gasteiger partial charge in [-0.2, -0.15) is 0 Å². The molecule has 1 heterocycles. The SMILES string of the molecule is C/C(=C\C(=C/Cc1ccccc1-c1cccc2c1Oc1c(ccc3c1C1C=CC=CC1C3(C)C)O2)c1ccccc1-c1ccccc1)c1ccccc1.C=CC.CC#CC. The first kappa shape index (κ1) is 41.3. The minimum atomic E-state index is -0.0114. The second-order valence-electron chi connectivity index (χ2n) is 15.8. The Labute approximate surface area is 358 Å². The molecule has 6 aromatic rings. The van der Waals surface area contributed by atoms with Gasteiger partial charge < -0.3 is 9.47 Å². The molecule has 0 saturated carbocycles. The van der Waals surface area contributed by atoms with E-state index in [0.29, 0.717) is 5.92 Å². The van der Waals surface area contributed by atoms with E-state index < -0.39 is 0 Å². The molecular weight excluding hydrogens is 729 g/mol. The summed E-state index contributed by atoms with van der Waals surface area (Å²) in [5.74, 6) is 9.14. The van der Waals surface area contributed by atoms with Gasteiger partial charge in [0.1, 0.15) is 0 Å². The molecule has 0 N–H and O–H groups in total. The van der Waals surface area contributed by atoms with Gasteiger partial charge in [-0.05, 0) is 108 Å². The molecular formula is C58H54O2. The van der Waals surface area contributed by atoms with E-state index in [2.05, 4.69) is 209 Å². The van der Waals surface area contributed by atoms with Gasteiger partial charge in [0.25, 0.3) is 0 Å². The second kappa shape index (κ2) is 18.8. The van der Waals surface area contributed by atoms with Crippen LogP contribution in [0.15, 0.2) is 189 Å². The normalized spacial score (nSPS) is 16.3. The molecule has 0 saturated heterocycles. The van der Waals surface area contributed by atoms with Gasteiger partial charge in [-0.1, -0.05) is 184 Å². The van der Waals surface area contributed by atoms with E-state index in [1.54, 1.807) is 6.08 Å². The monoisotopic (exact) mass is 782 g/mol. The fraction of sp³-hybridized carbons (Fsp3) is 0.172. The number of hydrogen-bond donors (Lipinski definition) is 0. The third kappa shape index (κ3) is 8.49. The molecule has 1 aliphatic heterocycles. The Morgan fingerprint density at radius 1 is 0.667 bits per heavy atom. The van der Waals surface area contributed by atoms with E-state index in [9.17, 15) is 0 Å². The second-order valence-corrected chi connectivity index (χ2v) is 15.8. The number of fused-ring (bicyclic) bond motifs is 6. The van der Waals surface area contributed by atoms with Crippen molar-refractivity contribution in [3.05, 3.63) is 216 Å². The zero-order chi connectivity index (χ0) is 42.1. The maximum absolute atomic E-state index is 7.06. The summed E-state index contributed by atoms with van der Waals surface area (Å²) in [6.45, 7) is 15.8. The van der Waals surface area contributed by atoms with E-state index >= 15 is 0 Å². The highest BCUT2D eigenvalue weighted by Gasteiger charge is 2.47. The Balaban J connectivity index is 0.000000726. The summed E-state index contributed by atoms with van der Waals surface area (Å²) in [6, 6.07) is 49.3. The zero-order valence-electron chi connectivity index (χ0n) is 35.7. The van der Waals surface area contributed by atoms with Crippen molar-refractivity contribution in [2.24, 2.45) is 5.92 Å². The predicted molar refractivity (Wildman–Crippen MR) is 255 cm³/mol. The first-order chi connectivity index (χ1) is 29.3. The molecule has 3 aliphatic rings. The van der Waals surface area contributed by atoms with Crippen molar-refractivity contribution in [2.45, 2.75) is 59.3 Å². The van der Waals surface area contributed by atoms with Crippen LogP contribution in [0.4, 0.5) is 0 Å². The van der Waals surface area contributed by atoms with Crippen LogP contribution in [0.2, 0.25) is 0 Å². The van der Waals surface area contributed by atoms with Crippen LogP contribution in [0.1, 0.15) is 75.3 Å². The average Bonchev–Trinajstić information content (AvgIpc) is 3.53. The number of ether oxygens (including phenoxy) is 2. The lowest BCUT2D eigenvalue weighted by Crippen LogP contribution is -2.24. The van der Waals surface area contributed by atoms with Gasteiger partial charge >= 0.3 is 0 Å². The molecule has 298 valence electrons. The van der Waals surface area contributed by atoms with Gasteiger partial charge in [-0.25, -0.2) is 0 Å². The molecule has 2 aliphatic carbocycles.